The highest BCUT2D eigenvalue weighted by Gasteiger charge is 2.40. The molecule has 1 heterocycles. The molecule has 0 saturated heterocycles. The molecule has 1 atom stereocenters. The van der Waals surface area contributed by atoms with E-state index in [9.17, 15) is 0 Å². The lowest BCUT2D eigenvalue weighted by molar-refractivity contribution is 0.0852. The van der Waals surface area contributed by atoms with Crippen LogP contribution in [0.2, 0.25) is 0 Å². The Labute approximate surface area is 116 Å². The number of para-hydroxylation sites is 1. The number of hydrogen-bond acceptors (Lipinski definition) is 3. The molecule has 0 spiro atoms. The second-order valence-corrected chi connectivity index (χ2v) is 5.60. The van der Waals surface area contributed by atoms with Gasteiger partial charge in [-0.3, -0.25) is 0 Å². The molecule has 1 unspecified atom stereocenters. The summed E-state index contributed by atoms with van der Waals surface area (Å²) in [6, 6.07) is 8.50. The van der Waals surface area contributed by atoms with Gasteiger partial charge in [0.1, 0.15) is 11.4 Å². The van der Waals surface area contributed by atoms with Crippen molar-refractivity contribution in [1.82, 2.24) is 5.32 Å². The molecule has 19 heavy (non-hydrogen) atoms. The first-order chi connectivity index (χ1) is 9.15. The van der Waals surface area contributed by atoms with Crippen LogP contribution in [0.3, 0.4) is 0 Å². The van der Waals surface area contributed by atoms with Crippen molar-refractivity contribution < 1.29 is 9.47 Å². The predicted molar refractivity (Wildman–Crippen MR) is 77.6 cm³/mol. The Morgan fingerprint density at radius 1 is 1.26 bits per heavy atom. The van der Waals surface area contributed by atoms with Gasteiger partial charge in [0.25, 0.3) is 0 Å². The number of rotatable bonds is 7. The second kappa shape index (κ2) is 6.40. The van der Waals surface area contributed by atoms with Crippen LogP contribution in [-0.4, -0.2) is 25.4 Å². The average Bonchev–Trinajstić information content (AvgIpc) is 2.64. The van der Waals surface area contributed by atoms with Crippen LogP contribution in [-0.2, 0) is 4.74 Å². The van der Waals surface area contributed by atoms with Crippen LogP contribution in [0, 0.1) is 0 Å². The zero-order valence-electron chi connectivity index (χ0n) is 12.2. The lowest BCUT2D eigenvalue weighted by Gasteiger charge is -2.27. The SMILES string of the molecule is CCCCOCCNC1c2ccccc2OC1(C)C. The van der Waals surface area contributed by atoms with Gasteiger partial charge in [-0.1, -0.05) is 31.5 Å². The molecule has 3 nitrogen and oxygen atoms in total. The normalized spacial score (nSPS) is 20.1. The lowest BCUT2D eigenvalue weighted by atomic mass is 9.94. The highest BCUT2D eigenvalue weighted by atomic mass is 16.5. The van der Waals surface area contributed by atoms with E-state index in [4.69, 9.17) is 9.47 Å². The van der Waals surface area contributed by atoms with Gasteiger partial charge in [0.2, 0.25) is 0 Å². The van der Waals surface area contributed by atoms with Gasteiger partial charge < -0.3 is 14.8 Å². The molecule has 0 fully saturated rings. The first-order valence-electron chi connectivity index (χ1n) is 7.24. The van der Waals surface area contributed by atoms with E-state index in [1.54, 1.807) is 0 Å². The predicted octanol–water partition coefficient (Wildman–Crippen LogP) is 3.31. The molecule has 1 aromatic rings. The number of nitrogens with one attached hydrogen (secondary N) is 1. The Balaban J connectivity index is 1.85. The summed E-state index contributed by atoms with van der Waals surface area (Å²) in [5, 5.41) is 3.55. The molecular weight excluding hydrogens is 238 g/mol. The van der Waals surface area contributed by atoms with Crippen LogP contribution in [0.15, 0.2) is 24.3 Å². The fraction of sp³-hybridized carbons (Fsp3) is 0.625. The van der Waals surface area contributed by atoms with E-state index in [1.165, 1.54) is 12.0 Å². The summed E-state index contributed by atoms with van der Waals surface area (Å²) >= 11 is 0. The molecule has 1 aliphatic heterocycles. The Bertz CT molecular complexity index is 403. The topological polar surface area (TPSA) is 30.5 Å². The third-order valence-corrected chi connectivity index (χ3v) is 3.54. The molecule has 1 N–H and O–H groups in total. The number of benzene rings is 1. The smallest absolute Gasteiger partial charge is 0.125 e. The van der Waals surface area contributed by atoms with Crippen molar-refractivity contribution >= 4 is 0 Å². The van der Waals surface area contributed by atoms with Crippen molar-refractivity contribution in [3.05, 3.63) is 29.8 Å². The van der Waals surface area contributed by atoms with E-state index in [-0.39, 0.29) is 11.6 Å². The van der Waals surface area contributed by atoms with Crippen molar-refractivity contribution in [2.45, 2.75) is 45.3 Å². The van der Waals surface area contributed by atoms with Crippen molar-refractivity contribution in [2.24, 2.45) is 0 Å². The van der Waals surface area contributed by atoms with Crippen molar-refractivity contribution in [3.63, 3.8) is 0 Å². The minimum absolute atomic E-state index is 0.201. The van der Waals surface area contributed by atoms with Gasteiger partial charge in [0, 0.05) is 18.7 Å². The van der Waals surface area contributed by atoms with Gasteiger partial charge in [-0.25, -0.2) is 0 Å². The molecule has 106 valence electrons. The Hall–Kier alpha value is -1.06. The Kier molecular flexibility index (Phi) is 4.83. The second-order valence-electron chi connectivity index (χ2n) is 5.60. The van der Waals surface area contributed by atoms with Gasteiger partial charge in [0.05, 0.1) is 12.6 Å². The quantitative estimate of drug-likeness (QED) is 0.766. The summed E-state index contributed by atoms with van der Waals surface area (Å²) in [4.78, 5) is 0. The van der Waals surface area contributed by atoms with Crippen molar-refractivity contribution in [3.8, 4) is 5.75 Å². The van der Waals surface area contributed by atoms with E-state index in [0.29, 0.717) is 0 Å². The first kappa shape index (κ1) is 14.4. The Morgan fingerprint density at radius 2 is 2.05 bits per heavy atom. The molecule has 1 aromatic carbocycles. The van der Waals surface area contributed by atoms with E-state index in [2.05, 4.69) is 38.2 Å². The molecule has 3 heteroatoms. The molecule has 0 saturated carbocycles. The minimum Gasteiger partial charge on any atom is -0.486 e. The zero-order valence-corrected chi connectivity index (χ0v) is 12.2. The number of ether oxygens (including phenoxy) is 2. The van der Waals surface area contributed by atoms with E-state index in [0.717, 1.165) is 31.9 Å². The van der Waals surface area contributed by atoms with Crippen LogP contribution in [0.1, 0.15) is 45.2 Å². The zero-order chi connectivity index (χ0) is 13.7. The highest BCUT2D eigenvalue weighted by molar-refractivity contribution is 5.42. The summed E-state index contributed by atoms with van der Waals surface area (Å²) in [5.74, 6) is 0.997. The summed E-state index contributed by atoms with van der Waals surface area (Å²) < 4.78 is 11.6. The van der Waals surface area contributed by atoms with Crippen molar-refractivity contribution in [1.29, 1.82) is 0 Å². The maximum atomic E-state index is 6.00. The number of hydrogen-bond donors (Lipinski definition) is 1. The number of fused-ring (bicyclic) bond motifs is 1. The van der Waals surface area contributed by atoms with E-state index < -0.39 is 0 Å². The van der Waals surface area contributed by atoms with Gasteiger partial charge in [-0.15, -0.1) is 0 Å². The molecule has 0 radical (unpaired) electrons. The van der Waals surface area contributed by atoms with Crippen molar-refractivity contribution in [2.75, 3.05) is 19.8 Å². The number of unbranched alkanes of at least 4 members (excludes halogenated alkanes) is 1. The summed E-state index contributed by atoms with van der Waals surface area (Å²) in [6.45, 7) is 8.91. The summed E-state index contributed by atoms with van der Waals surface area (Å²) in [7, 11) is 0. The third kappa shape index (κ3) is 3.48. The van der Waals surface area contributed by atoms with Gasteiger partial charge in [-0.05, 0) is 26.3 Å². The fourth-order valence-corrected chi connectivity index (χ4v) is 2.51. The molecule has 0 aliphatic carbocycles. The first-order valence-corrected chi connectivity index (χ1v) is 7.24. The standard InChI is InChI=1S/C16H25NO2/c1-4-5-11-18-12-10-17-15-13-8-6-7-9-14(13)19-16(15,2)3/h6-9,15,17H,4-5,10-12H2,1-3H3. The summed E-state index contributed by atoms with van der Waals surface area (Å²) in [6.07, 6.45) is 2.32. The minimum atomic E-state index is -0.201. The molecule has 0 aromatic heterocycles. The van der Waals surface area contributed by atoms with Crippen LogP contribution in [0.4, 0.5) is 0 Å². The molecule has 1 aliphatic rings. The third-order valence-electron chi connectivity index (χ3n) is 3.54. The Morgan fingerprint density at radius 3 is 2.84 bits per heavy atom. The average molecular weight is 263 g/mol. The van der Waals surface area contributed by atoms with Crippen LogP contribution in [0.5, 0.6) is 5.75 Å². The maximum absolute atomic E-state index is 6.00. The van der Waals surface area contributed by atoms with E-state index >= 15 is 0 Å². The molecule has 0 bridgehead atoms. The lowest BCUT2D eigenvalue weighted by Crippen LogP contribution is -2.40. The van der Waals surface area contributed by atoms with Gasteiger partial charge in [-0.2, -0.15) is 0 Å². The monoisotopic (exact) mass is 263 g/mol. The van der Waals surface area contributed by atoms with Crippen LogP contribution < -0.4 is 10.1 Å². The largest absolute Gasteiger partial charge is 0.486 e. The molecular formula is C16H25NO2. The maximum Gasteiger partial charge on any atom is 0.125 e. The van der Waals surface area contributed by atoms with E-state index in [1.807, 2.05) is 12.1 Å². The van der Waals surface area contributed by atoms with Gasteiger partial charge >= 0.3 is 0 Å². The highest BCUT2D eigenvalue weighted by Crippen LogP contribution is 2.42. The fourth-order valence-electron chi connectivity index (χ4n) is 2.51. The molecule has 0 amide bonds. The van der Waals surface area contributed by atoms with Crippen LogP contribution >= 0.6 is 0 Å². The van der Waals surface area contributed by atoms with Crippen LogP contribution in [0.25, 0.3) is 0 Å². The molecule has 2 rings (SSSR count). The summed E-state index contributed by atoms with van der Waals surface area (Å²) in [5.41, 5.74) is 1.05. The van der Waals surface area contributed by atoms with Gasteiger partial charge in [0.15, 0.2) is 0 Å².